The lowest BCUT2D eigenvalue weighted by atomic mass is 10.2. The summed E-state index contributed by atoms with van der Waals surface area (Å²) in [5, 5.41) is 0.748. The van der Waals surface area contributed by atoms with E-state index >= 15 is 0 Å². The normalized spacial score (nSPS) is 15.0. The molecule has 0 aliphatic carbocycles. The molecule has 0 bridgehead atoms. The van der Waals surface area contributed by atoms with Gasteiger partial charge in [0, 0.05) is 42.2 Å². The second kappa shape index (κ2) is 9.74. The first-order chi connectivity index (χ1) is 12.9. The molecule has 0 N–H and O–H groups in total. The molecule has 1 fully saturated rings. The summed E-state index contributed by atoms with van der Waals surface area (Å²) in [5.74, 6) is 0.635. The van der Waals surface area contributed by atoms with E-state index in [0.717, 1.165) is 38.1 Å². The monoisotopic (exact) mass is 578 g/mol. The number of hydrogen-bond acceptors (Lipinski definition) is 3. The summed E-state index contributed by atoms with van der Waals surface area (Å²) in [6.07, 6.45) is 0. The van der Waals surface area contributed by atoms with E-state index in [1.807, 2.05) is 41.3 Å². The Hall–Kier alpha value is -0.600. The van der Waals surface area contributed by atoms with Crippen LogP contribution < -0.4 is 4.74 Å². The van der Waals surface area contributed by atoms with Gasteiger partial charge < -0.3 is 9.64 Å². The Morgan fingerprint density at radius 2 is 1.59 bits per heavy atom. The molecule has 0 radical (unpaired) electrons. The van der Waals surface area contributed by atoms with E-state index in [0.29, 0.717) is 18.8 Å². The van der Waals surface area contributed by atoms with Gasteiger partial charge >= 0.3 is 0 Å². The molecule has 1 amide bonds. The lowest BCUT2D eigenvalue weighted by molar-refractivity contribution is -0.135. The van der Waals surface area contributed by atoms with Crippen LogP contribution in [0, 0.1) is 0 Å². The van der Waals surface area contributed by atoms with Crippen molar-refractivity contribution in [2.45, 2.75) is 6.54 Å². The first-order valence-electron chi connectivity index (χ1n) is 8.44. The van der Waals surface area contributed by atoms with Crippen LogP contribution in [0.4, 0.5) is 0 Å². The highest BCUT2D eigenvalue weighted by Crippen LogP contribution is 2.36. The smallest absolute Gasteiger partial charge is 0.260 e. The van der Waals surface area contributed by atoms with Crippen LogP contribution in [0.15, 0.2) is 49.8 Å². The van der Waals surface area contributed by atoms with Crippen LogP contribution >= 0.6 is 59.4 Å². The third-order valence-electron chi connectivity index (χ3n) is 4.35. The molecule has 1 aliphatic heterocycles. The maximum absolute atomic E-state index is 12.5. The van der Waals surface area contributed by atoms with Gasteiger partial charge in [0.1, 0.15) is 5.75 Å². The first kappa shape index (κ1) is 21.1. The molecule has 4 nitrogen and oxygen atoms in total. The zero-order valence-corrected chi connectivity index (χ0v) is 19.9. The lowest BCUT2D eigenvalue weighted by Gasteiger charge is -2.34. The Morgan fingerprint density at radius 3 is 2.19 bits per heavy atom. The van der Waals surface area contributed by atoms with Crippen molar-refractivity contribution in [3.63, 3.8) is 0 Å². The van der Waals surface area contributed by atoms with Crippen molar-refractivity contribution in [1.29, 1.82) is 0 Å². The predicted molar refractivity (Wildman–Crippen MR) is 118 cm³/mol. The van der Waals surface area contributed by atoms with Gasteiger partial charge in [-0.3, -0.25) is 9.69 Å². The Bertz CT molecular complexity index is 786. The molecule has 8 heteroatoms. The van der Waals surface area contributed by atoms with Crippen molar-refractivity contribution in [3.05, 3.63) is 60.4 Å². The largest absolute Gasteiger partial charge is 0.481 e. The minimum absolute atomic E-state index is 0.00265. The molecule has 0 aromatic heterocycles. The van der Waals surface area contributed by atoms with Crippen molar-refractivity contribution in [1.82, 2.24) is 9.80 Å². The van der Waals surface area contributed by atoms with Crippen molar-refractivity contribution in [3.8, 4) is 5.75 Å². The molecule has 0 unspecified atom stereocenters. The number of carbonyl (C=O) groups is 1. The number of hydrogen-bond donors (Lipinski definition) is 0. The van der Waals surface area contributed by atoms with Gasteiger partial charge in [-0.1, -0.05) is 39.7 Å². The molecule has 1 heterocycles. The van der Waals surface area contributed by atoms with Gasteiger partial charge in [0.15, 0.2) is 6.61 Å². The Balaban J connectivity index is 1.48. The van der Waals surface area contributed by atoms with E-state index in [1.54, 1.807) is 0 Å². The Kier molecular flexibility index (Phi) is 7.62. The average Bonchev–Trinajstić information content (AvgIpc) is 2.63. The molecule has 27 heavy (non-hydrogen) atoms. The van der Waals surface area contributed by atoms with Crippen LogP contribution in [0.3, 0.4) is 0 Å². The molecule has 0 spiro atoms. The van der Waals surface area contributed by atoms with Gasteiger partial charge in [0.25, 0.3) is 5.91 Å². The number of ether oxygens (including phenoxy) is 1. The summed E-state index contributed by atoms with van der Waals surface area (Å²) in [6.45, 7) is 4.00. The third-order valence-corrected chi connectivity index (χ3v) is 6.24. The van der Waals surface area contributed by atoms with Gasteiger partial charge in [0.05, 0.1) is 8.95 Å². The molecule has 144 valence electrons. The number of halogens is 4. The molecule has 0 atom stereocenters. The van der Waals surface area contributed by atoms with Gasteiger partial charge in [0.2, 0.25) is 0 Å². The van der Waals surface area contributed by atoms with Gasteiger partial charge in [-0.25, -0.2) is 0 Å². The standard InChI is InChI=1S/C19H18Br3ClN2O2/c20-14-9-16(21)19(17(22)10-14)27-12-18(26)25-7-5-24(6-8-25)11-13-1-3-15(23)4-2-13/h1-4,9-10H,5-8,11-12H2. The second-order valence-corrected chi connectivity index (χ2v) is 9.33. The van der Waals surface area contributed by atoms with Crippen LogP contribution in [-0.2, 0) is 11.3 Å². The fraction of sp³-hybridized carbons (Fsp3) is 0.316. The van der Waals surface area contributed by atoms with Gasteiger partial charge in [-0.2, -0.15) is 0 Å². The molecule has 3 rings (SSSR count). The topological polar surface area (TPSA) is 32.8 Å². The quantitative estimate of drug-likeness (QED) is 0.478. The predicted octanol–water partition coefficient (Wildman–Crippen LogP) is 5.35. The number of piperazine rings is 1. The highest BCUT2D eigenvalue weighted by Gasteiger charge is 2.22. The average molecular weight is 582 g/mol. The van der Waals surface area contributed by atoms with Crippen LogP contribution in [-0.4, -0.2) is 48.5 Å². The van der Waals surface area contributed by atoms with Crippen LogP contribution in [0.1, 0.15) is 5.56 Å². The van der Waals surface area contributed by atoms with Crippen molar-refractivity contribution < 1.29 is 9.53 Å². The molecular formula is C19H18Br3ClN2O2. The zero-order valence-electron chi connectivity index (χ0n) is 14.4. The molecule has 1 saturated heterocycles. The number of carbonyl (C=O) groups excluding carboxylic acids is 1. The SMILES string of the molecule is O=C(COc1c(Br)cc(Br)cc1Br)N1CCN(Cc2ccc(Cl)cc2)CC1. The zero-order chi connectivity index (χ0) is 19.4. The minimum Gasteiger partial charge on any atom is -0.481 e. The number of rotatable bonds is 5. The summed E-state index contributed by atoms with van der Waals surface area (Å²) in [5.41, 5.74) is 1.23. The molecular weight excluding hydrogens is 563 g/mol. The molecule has 0 saturated carbocycles. The maximum Gasteiger partial charge on any atom is 0.260 e. The lowest BCUT2D eigenvalue weighted by Crippen LogP contribution is -2.49. The molecule has 1 aliphatic rings. The fourth-order valence-electron chi connectivity index (χ4n) is 2.90. The van der Waals surface area contributed by atoms with Gasteiger partial charge in [-0.05, 0) is 61.7 Å². The third kappa shape index (κ3) is 5.94. The number of nitrogens with zero attached hydrogens (tertiary/aromatic N) is 2. The van der Waals surface area contributed by atoms with E-state index < -0.39 is 0 Å². The van der Waals surface area contributed by atoms with Crippen LogP contribution in [0.25, 0.3) is 0 Å². The summed E-state index contributed by atoms with van der Waals surface area (Å²) in [7, 11) is 0. The van der Waals surface area contributed by atoms with Gasteiger partial charge in [-0.15, -0.1) is 0 Å². The number of amides is 1. The summed E-state index contributed by atoms with van der Waals surface area (Å²) < 4.78 is 8.26. The first-order valence-corrected chi connectivity index (χ1v) is 11.2. The molecule has 2 aromatic rings. The van der Waals surface area contributed by atoms with E-state index in [9.17, 15) is 4.79 Å². The Labute approximate surface area is 189 Å². The van der Waals surface area contributed by atoms with E-state index in [2.05, 4.69) is 52.7 Å². The van der Waals surface area contributed by atoms with E-state index in [1.165, 1.54) is 5.56 Å². The molecule has 2 aromatic carbocycles. The summed E-state index contributed by atoms with van der Waals surface area (Å²) in [6, 6.07) is 11.7. The highest BCUT2D eigenvalue weighted by molar-refractivity contribution is 9.11. The van der Waals surface area contributed by atoms with Crippen molar-refractivity contribution >= 4 is 65.3 Å². The van der Waals surface area contributed by atoms with Crippen LogP contribution in [0.2, 0.25) is 5.02 Å². The Morgan fingerprint density at radius 1 is 1.00 bits per heavy atom. The fourth-order valence-corrected chi connectivity index (χ4v) is 5.51. The van der Waals surface area contributed by atoms with E-state index in [-0.39, 0.29) is 12.5 Å². The minimum atomic E-state index is 0.00265. The summed E-state index contributed by atoms with van der Waals surface area (Å²) in [4.78, 5) is 16.7. The number of benzene rings is 2. The maximum atomic E-state index is 12.5. The highest BCUT2D eigenvalue weighted by atomic mass is 79.9. The van der Waals surface area contributed by atoms with E-state index in [4.69, 9.17) is 16.3 Å². The second-order valence-electron chi connectivity index (χ2n) is 6.27. The van der Waals surface area contributed by atoms with Crippen LogP contribution in [0.5, 0.6) is 5.75 Å². The van der Waals surface area contributed by atoms with Crippen molar-refractivity contribution in [2.24, 2.45) is 0 Å². The summed E-state index contributed by atoms with van der Waals surface area (Å²) >= 11 is 16.3. The van der Waals surface area contributed by atoms with Crippen molar-refractivity contribution in [2.75, 3.05) is 32.8 Å².